The average molecular weight is 676 g/mol. The molecule has 1 atom stereocenters. The van der Waals surface area contributed by atoms with Crippen LogP contribution in [-0.2, 0) is 16.0 Å². The predicted molar refractivity (Wildman–Crippen MR) is 167 cm³/mol. The maximum atomic E-state index is 12.8. The van der Waals surface area contributed by atoms with Crippen LogP contribution in [0, 0.1) is 11.3 Å². The van der Waals surface area contributed by atoms with Crippen molar-refractivity contribution < 1.29 is 19.1 Å². The number of benzene rings is 1. The van der Waals surface area contributed by atoms with Crippen LogP contribution in [0.1, 0.15) is 66.4 Å². The number of hydrogen-bond donors (Lipinski definition) is 2. The number of carbonyl (C=O) groups excluding carboxylic acids is 2. The number of carbonyl (C=O) groups is 2. The Labute approximate surface area is 264 Å². The maximum absolute atomic E-state index is 12.8. The highest BCUT2D eigenvalue weighted by Gasteiger charge is 2.41. The molecule has 0 saturated carbocycles. The van der Waals surface area contributed by atoms with Crippen LogP contribution < -0.4 is 15.5 Å². The van der Waals surface area contributed by atoms with Crippen LogP contribution in [0.25, 0.3) is 11.2 Å². The van der Waals surface area contributed by atoms with Crippen LogP contribution in [0.15, 0.2) is 29.3 Å². The summed E-state index contributed by atoms with van der Waals surface area (Å²) < 4.78 is 13.5. The second-order valence-electron chi connectivity index (χ2n) is 12.5. The van der Waals surface area contributed by atoms with Crippen LogP contribution in [0.3, 0.4) is 0 Å². The predicted octanol–water partition coefficient (Wildman–Crippen LogP) is 6.41. The van der Waals surface area contributed by atoms with E-state index >= 15 is 0 Å². The summed E-state index contributed by atoms with van der Waals surface area (Å²) in [7, 11) is 0. The topological polar surface area (TPSA) is 147 Å². The molecular weight excluding hydrogens is 640 g/mol. The number of rotatable bonds is 7. The zero-order valence-electron chi connectivity index (χ0n) is 25.1. The summed E-state index contributed by atoms with van der Waals surface area (Å²) in [5, 5.41) is 15.6. The van der Waals surface area contributed by atoms with Gasteiger partial charge < -0.3 is 24.3 Å². The number of alkyl carbamates (subject to hydrolysis) is 1. The summed E-state index contributed by atoms with van der Waals surface area (Å²) in [6, 6.07) is 5.91. The number of hydrogen-bond acceptors (Lipinski definition) is 9. The van der Waals surface area contributed by atoms with Gasteiger partial charge in [0, 0.05) is 40.3 Å². The van der Waals surface area contributed by atoms with Crippen LogP contribution >= 0.6 is 27.5 Å². The smallest absolute Gasteiger partial charge is 0.413 e. The molecule has 1 fully saturated rings. The fraction of sp³-hybridized carbons (Fsp3) is 0.517. The fourth-order valence-electron chi connectivity index (χ4n) is 4.95. The lowest BCUT2D eigenvalue weighted by molar-refractivity contribution is 0.0459. The van der Waals surface area contributed by atoms with Crippen molar-refractivity contribution in [2.45, 2.75) is 84.1 Å². The number of amides is 2. The third-order valence-corrected chi connectivity index (χ3v) is 7.59. The highest BCUT2D eigenvalue weighted by molar-refractivity contribution is 9.10. The highest BCUT2D eigenvalue weighted by Crippen LogP contribution is 2.38. The van der Waals surface area contributed by atoms with Gasteiger partial charge >= 0.3 is 12.2 Å². The van der Waals surface area contributed by atoms with Gasteiger partial charge in [0.1, 0.15) is 17.5 Å². The molecule has 2 N–H and O–H groups in total. The molecule has 3 heterocycles. The standard InChI is InChI=1S/C29H36BrClN8O4/c1-27(2,3)42-25(40)36-23-22-24(34-16-33-23)39(17-35-22)14-19-20(30)12-18(31)13-21(19)38-11-9-29(15-38,8-7-10-32)37-26(41)43-28(4,5)6/h12-13,16-17H,7-9,11,14-15H2,1-6H3,(H,37,41)(H,33,34,36,40). The number of halogens is 2. The largest absolute Gasteiger partial charge is 0.444 e. The third kappa shape index (κ3) is 8.26. The first kappa shape index (κ1) is 32.3. The van der Waals surface area contributed by atoms with E-state index in [4.69, 9.17) is 21.1 Å². The zero-order chi connectivity index (χ0) is 31.6. The molecule has 1 aromatic carbocycles. The number of nitrogens with zero attached hydrogens (tertiary/aromatic N) is 6. The van der Waals surface area contributed by atoms with Gasteiger partial charge in [0.05, 0.1) is 24.5 Å². The van der Waals surface area contributed by atoms with E-state index in [2.05, 4.69) is 52.5 Å². The van der Waals surface area contributed by atoms with Crippen molar-refractivity contribution in [2.24, 2.45) is 0 Å². The first-order chi connectivity index (χ1) is 20.1. The number of nitriles is 1. The van der Waals surface area contributed by atoms with Crippen LogP contribution in [-0.4, -0.2) is 61.5 Å². The number of nitrogens with one attached hydrogen (secondary N) is 2. The molecule has 1 unspecified atom stereocenters. The molecule has 1 aliphatic heterocycles. The van der Waals surface area contributed by atoms with Crippen molar-refractivity contribution in [2.75, 3.05) is 23.3 Å². The van der Waals surface area contributed by atoms with Gasteiger partial charge in [-0.3, -0.25) is 5.32 Å². The summed E-state index contributed by atoms with van der Waals surface area (Å²) in [6.07, 6.45) is 3.23. The van der Waals surface area contributed by atoms with Gasteiger partial charge in [-0.1, -0.05) is 27.5 Å². The first-order valence-electron chi connectivity index (χ1n) is 13.8. The average Bonchev–Trinajstić information content (AvgIpc) is 3.47. The second kappa shape index (κ2) is 12.5. The second-order valence-corrected chi connectivity index (χ2v) is 13.8. The van der Waals surface area contributed by atoms with Gasteiger partial charge in [-0.25, -0.2) is 24.5 Å². The van der Waals surface area contributed by atoms with E-state index in [-0.39, 0.29) is 12.2 Å². The van der Waals surface area contributed by atoms with Crippen molar-refractivity contribution in [3.05, 3.63) is 39.8 Å². The Morgan fingerprint density at radius 3 is 2.49 bits per heavy atom. The van der Waals surface area contributed by atoms with Crippen molar-refractivity contribution in [1.82, 2.24) is 24.8 Å². The van der Waals surface area contributed by atoms with Gasteiger partial charge in [0.2, 0.25) is 0 Å². The van der Waals surface area contributed by atoms with E-state index in [0.29, 0.717) is 48.7 Å². The number of anilines is 2. The van der Waals surface area contributed by atoms with Crippen LogP contribution in [0.4, 0.5) is 21.1 Å². The normalized spacial score (nSPS) is 17.0. The molecule has 43 heavy (non-hydrogen) atoms. The lowest BCUT2D eigenvalue weighted by Gasteiger charge is -2.32. The van der Waals surface area contributed by atoms with E-state index in [1.165, 1.54) is 6.33 Å². The SMILES string of the molecule is CC(C)(C)OC(=O)Nc1ncnc2c1ncn2Cc1c(Br)cc(Cl)cc1N1CCC(CCC#N)(NC(=O)OC(C)(C)C)C1. The molecule has 3 aromatic rings. The third-order valence-electron chi connectivity index (χ3n) is 6.66. The molecule has 14 heteroatoms. The molecular formula is C29H36BrClN8O4. The van der Waals surface area contributed by atoms with E-state index in [9.17, 15) is 14.9 Å². The van der Waals surface area contributed by atoms with Crippen molar-refractivity contribution in [3.8, 4) is 6.07 Å². The Balaban J connectivity index is 1.63. The first-order valence-corrected chi connectivity index (χ1v) is 15.0. The summed E-state index contributed by atoms with van der Waals surface area (Å²) in [5.41, 5.74) is 0.745. The molecule has 2 aromatic heterocycles. The molecule has 0 radical (unpaired) electrons. The number of fused-ring (bicyclic) bond motifs is 1. The number of imidazole rings is 1. The molecule has 0 aliphatic carbocycles. The molecule has 4 rings (SSSR count). The minimum Gasteiger partial charge on any atom is -0.444 e. The van der Waals surface area contributed by atoms with Gasteiger partial charge in [-0.2, -0.15) is 5.26 Å². The Bertz CT molecular complexity index is 1560. The minimum atomic E-state index is -0.670. The van der Waals surface area contributed by atoms with Gasteiger partial charge in [0.25, 0.3) is 0 Å². The number of ether oxygens (including phenoxy) is 2. The molecule has 1 aliphatic rings. The van der Waals surface area contributed by atoms with Crippen LogP contribution in [0.2, 0.25) is 5.02 Å². The zero-order valence-corrected chi connectivity index (χ0v) is 27.5. The number of aromatic nitrogens is 4. The lowest BCUT2D eigenvalue weighted by atomic mass is 9.93. The molecule has 1 saturated heterocycles. The molecule has 0 bridgehead atoms. The monoisotopic (exact) mass is 674 g/mol. The van der Waals surface area contributed by atoms with E-state index < -0.39 is 28.9 Å². The van der Waals surface area contributed by atoms with E-state index in [0.717, 1.165) is 15.7 Å². The molecule has 2 amide bonds. The summed E-state index contributed by atoms with van der Waals surface area (Å²) in [6.45, 7) is 12.2. The summed E-state index contributed by atoms with van der Waals surface area (Å²) in [4.78, 5) is 40.4. The lowest BCUT2D eigenvalue weighted by Crippen LogP contribution is -2.51. The summed E-state index contributed by atoms with van der Waals surface area (Å²) in [5.74, 6) is 0.239. The Morgan fingerprint density at radius 1 is 1.12 bits per heavy atom. The molecule has 0 spiro atoms. The Kier molecular flexibility index (Phi) is 9.42. The van der Waals surface area contributed by atoms with Crippen LogP contribution in [0.5, 0.6) is 0 Å². The van der Waals surface area contributed by atoms with Crippen molar-refractivity contribution in [1.29, 1.82) is 5.26 Å². The van der Waals surface area contributed by atoms with Gasteiger partial charge in [-0.05, 0) is 66.5 Å². The fourth-order valence-corrected chi connectivity index (χ4v) is 5.87. The Morgan fingerprint density at radius 2 is 1.81 bits per heavy atom. The molecule has 12 nitrogen and oxygen atoms in total. The van der Waals surface area contributed by atoms with Crippen molar-refractivity contribution in [3.63, 3.8) is 0 Å². The quantitative estimate of drug-likeness (QED) is 0.290. The Hall–Kier alpha value is -3.63. The van der Waals surface area contributed by atoms with Gasteiger partial charge in [-0.15, -0.1) is 0 Å². The molecule has 230 valence electrons. The highest BCUT2D eigenvalue weighted by atomic mass is 79.9. The van der Waals surface area contributed by atoms with E-state index in [1.807, 2.05) is 37.5 Å². The van der Waals surface area contributed by atoms with Crippen molar-refractivity contribution >= 4 is 62.4 Å². The van der Waals surface area contributed by atoms with Gasteiger partial charge in [0.15, 0.2) is 17.0 Å². The van der Waals surface area contributed by atoms with E-state index in [1.54, 1.807) is 27.1 Å². The minimum absolute atomic E-state index is 0.239. The maximum Gasteiger partial charge on any atom is 0.413 e. The summed E-state index contributed by atoms with van der Waals surface area (Å²) >= 11 is 10.2.